The zero-order valence-corrected chi connectivity index (χ0v) is 20.3. The van der Waals surface area contributed by atoms with Crippen molar-refractivity contribution in [2.75, 3.05) is 33.4 Å². The van der Waals surface area contributed by atoms with Gasteiger partial charge in [0.25, 0.3) is 5.91 Å². The van der Waals surface area contributed by atoms with Crippen LogP contribution >= 0.6 is 0 Å². The lowest BCUT2D eigenvalue weighted by Gasteiger charge is -2.40. The molecule has 3 fully saturated rings. The van der Waals surface area contributed by atoms with Gasteiger partial charge in [-0.15, -0.1) is 0 Å². The van der Waals surface area contributed by atoms with Crippen molar-refractivity contribution in [3.05, 3.63) is 53.1 Å². The van der Waals surface area contributed by atoms with Crippen LogP contribution in [-0.4, -0.2) is 60.3 Å². The van der Waals surface area contributed by atoms with Crippen molar-refractivity contribution in [1.82, 2.24) is 10.2 Å². The molecule has 9 nitrogen and oxygen atoms in total. The van der Waals surface area contributed by atoms with Crippen molar-refractivity contribution in [2.24, 2.45) is 35.0 Å². The highest BCUT2D eigenvalue weighted by Gasteiger charge is 2.48. The minimum atomic E-state index is -1.60. The normalized spacial score (nSPS) is 22.6. The van der Waals surface area contributed by atoms with E-state index in [1.807, 2.05) is 4.90 Å². The molecule has 2 saturated heterocycles. The number of hydrogen-bond donors (Lipinski definition) is 6. The third-order valence-electron chi connectivity index (χ3n) is 7.19. The molecule has 9 N–H and O–H groups in total. The number of nitrogens with two attached hydrogens (primary N) is 3. The van der Waals surface area contributed by atoms with E-state index in [0.717, 1.165) is 25.9 Å². The second-order valence-corrected chi connectivity index (χ2v) is 9.49. The summed E-state index contributed by atoms with van der Waals surface area (Å²) in [5.74, 6) is -1.29. The van der Waals surface area contributed by atoms with E-state index in [0.29, 0.717) is 36.3 Å². The summed E-state index contributed by atoms with van der Waals surface area (Å²) in [6.07, 6.45) is 8.25. The highest BCUT2D eigenvalue weighted by atomic mass is 19.1. The minimum Gasteiger partial charge on any atom is -0.398 e. The van der Waals surface area contributed by atoms with Gasteiger partial charge in [0.2, 0.25) is 5.91 Å². The van der Waals surface area contributed by atoms with E-state index in [2.05, 4.69) is 5.32 Å². The lowest BCUT2D eigenvalue weighted by atomic mass is 9.95. The van der Waals surface area contributed by atoms with Crippen LogP contribution in [0, 0.1) is 23.6 Å². The lowest BCUT2D eigenvalue weighted by Crippen LogP contribution is -2.54. The maximum Gasteiger partial charge on any atom is 0.253 e. The Morgan fingerprint density at radius 1 is 1.11 bits per heavy atom. The molecule has 2 heterocycles. The van der Waals surface area contributed by atoms with Gasteiger partial charge in [0.05, 0.1) is 11.4 Å². The Bertz CT molecular complexity index is 930. The maximum absolute atomic E-state index is 13.6. The molecule has 4 rings (SSSR count). The summed E-state index contributed by atoms with van der Waals surface area (Å²) in [6, 6.07) is 4.08. The van der Waals surface area contributed by atoms with Crippen molar-refractivity contribution >= 4 is 11.6 Å². The number of aliphatic hydroxyl groups is 2. The lowest BCUT2D eigenvalue weighted by molar-refractivity contribution is -0.301. The van der Waals surface area contributed by atoms with Gasteiger partial charge in [-0.2, -0.15) is 0 Å². The largest absolute Gasteiger partial charge is 0.398 e. The van der Waals surface area contributed by atoms with Crippen LogP contribution in [0.4, 0.5) is 4.39 Å². The Hall–Kier alpha value is -2.66. The van der Waals surface area contributed by atoms with Crippen LogP contribution in [-0.2, 0) is 4.74 Å². The first-order valence-corrected chi connectivity index (χ1v) is 12.1. The number of fused-ring (bicyclic) bond motifs is 1. The number of rotatable bonds is 5. The van der Waals surface area contributed by atoms with Gasteiger partial charge < -0.3 is 37.5 Å². The maximum atomic E-state index is 13.6. The number of halogens is 1. The molecule has 2 atom stereocenters. The van der Waals surface area contributed by atoms with Crippen LogP contribution in [0.15, 0.2) is 36.2 Å². The summed E-state index contributed by atoms with van der Waals surface area (Å²) in [5.41, 5.74) is 16.9. The van der Waals surface area contributed by atoms with Crippen molar-refractivity contribution in [1.29, 1.82) is 0 Å². The van der Waals surface area contributed by atoms with Gasteiger partial charge in [0.15, 0.2) is 0 Å². The van der Waals surface area contributed by atoms with E-state index in [9.17, 15) is 19.4 Å². The summed E-state index contributed by atoms with van der Waals surface area (Å²) in [5, 5.41) is 23.2. The van der Waals surface area contributed by atoms with Gasteiger partial charge in [-0.25, -0.2) is 4.39 Å². The van der Waals surface area contributed by atoms with E-state index in [4.69, 9.17) is 21.9 Å². The second-order valence-electron chi connectivity index (χ2n) is 9.49. The molecule has 0 radical (unpaired) electrons. The molecule has 10 heteroatoms. The summed E-state index contributed by atoms with van der Waals surface area (Å²) >= 11 is 0. The number of nitrogens with zero attached hydrogens (tertiary/aromatic N) is 1. The molecule has 1 aromatic rings. The topological polar surface area (TPSA) is 160 Å². The number of likely N-dealkylation sites (tertiary alicyclic amines) is 1. The number of carbonyl (C=O) groups is 1. The fourth-order valence-corrected chi connectivity index (χ4v) is 5.14. The van der Waals surface area contributed by atoms with Crippen LogP contribution in [0.25, 0.3) is 5.70 Å². The Balaban J connectivity index is 0.000000247. The SMILES string of the molecule is C.CNC(=O)c1ccc(/C(N)=C/C=C(N)N)cc1F.OC(O)(C1CCOCC1)N1CC2CCCC2C1. The first kappa shape index (κ1) is 29.6. The number of benzene rings is 1. The molecule has 1 saturated carbocycles. The fraction of sp³-hybridized carbons (Fsp3) is 0.577. The number of allylic oxidation sites excluding steroid dienone is 2. The highest BCUT2D eigenvalue weighted by molar-refractivity contribution is 5.94. The van der Waals surface area contributed by atoms with Crippen molar-refractivity contribution in [2.45, 2.75) is 45.4 Å². The minimum absolute atomic E-state index is 0. The number of ether oxygens (including phenoxy) is 1. The number of amides is 1. The zero-order valence-electron chi connectivity index (χ0n) is 20.3. The van der Waals surface area contributed by atoms with Crippen molar-refractivity contribution < 1.29 is 24.1 Å². The first-order valence-electron chi connectivity index (χ1n) is 12.1. The summed E-state index contributed by atoms with van der Waals surface area (Å²) in [6.45, 7) is 3.06. The van der Waals surface area contributed by atoms with Crippen LogP contribution in [0.3, 0.4) is 0 Å². The molecular weight excluding hydrogens is 465 g/mol. The average molecular weight is 508 g/mol. The molecular formula is C26H42FN5O4. The Morgan fingerprint density at radius 2 is 1.72 bits per heavy atom. The van der Waals surface area contributed by atoms with Crippen molar-refractivity contribution in [3.63, 3.8) is 0 Å². The molecule has 36 heavy (non-hydrogen) atoms. The number of nitrogens with one attached hydrogen (secondary N) is 1. The molecule has 2 unspecified atom stereocenters. The number of carbonyl (C=O) groups excluding carboxylic acids is 1. The van der Waals surface area contributed by atoms with Gasteiger partial charge >= 0.3 is 0 Å². The standard InChI is InChI=1S/C13H23NO3.C12H15FN4O.CH4/c15-13(16,12-4-6-17-7-5-12)14-8-10-2-1-3-11(10)9-14;1-17-12(18)8-3-2-7(6-9(8)13)10(14)4-5-11(15)16;/h10-12,15-16H,1-9H2;2-6H,14-16H2,1H3,(H,17,18);1H4/b;10-4-;. The van der Waals surface area contributed by atoms with Gasteiger partial charge in [0.1, 0.15) is 5.82 Å². The van der Waals surface area contributed by atoms with E-state index in [-0.39, 0.29) is 24.7 Å². The molecule has 1 amide bonds. The predicted molar refractivity (Wildman–Crippen MR) is 138 cm³/mol. The molecule has 1 aliphatic carbocycles. The Kier molecular flexibility index (Phi) is 10.7. The van der Waals surface area contributed by atoms with E-state index in [1.54, 1.807) is 6.07 Å². The van der Waals surface area contributed by atoms with Gasteiger partial charge in [-0.05, 0) is 61.8 Å². The summed E-state index contributed by atoms with van der Waals surface area (Å²) < 4.78 is 18.9. The summed E-state index contributed by atoms with van der Waals surface area (Å²) in [7, 11) is 1.43. The Morgan fingerprint density at radius 3 is 2.25 bits per heavy atom. The fourth-order valence-electron chi connectivity index (χ4n) is 5.14. The van der Waals surface area contributed by atoms with Crippen LogP contribution in [0.5, 0.6) is 0 Å². The Labute approximate surface area is 213 Å². The first-order chi connectivity index (χ1) is 16.6. The molecule has 0 aromatic heterocycles. The van der Waals surface area contributed by atoms with Gasteiger partial charge in [-0.1, -0.05) is 19.9 Å². The molecule has 3 aliphatic rings. The van der Waals surface area contributed by atoms with E-state index < -0.39 is 17.6 Å². The highest BCUT2D eigenvalue weighted by Crippen LogP contribution is 2.41. The molecule has 2 aliphatic heterocycles. The van der Waals surface area contributed by atoms with E-state index >= 15 is 0 Å². The smallest absolute Gasteiger partial charge is 0.253 e. The predicted octanol–water partition coefficient (Wildman–Crippen LogP) is 1.66. The third-order valence-corrected chi connectivity index (χ3v) is 7.19. The number of hydrogen-bond acceptors (Lipinski definition) is 8. The van der Waals surface area contributed by atoms with Crippen LogP contribution in [0.2, 0.25) is 0 Å². The van der Waals surface area contributed by atoms with Crippen LogP contribution < -0.4 is 22.5 Å². The summed E-state index contributed by atoms with van der Waals surface area (Å²) in [4.78, 5) is 13.2. The molecule has 1 aromatic carbocycles. The zero-order chi connectivity index (χ0) is 25.6. The van der Waals surface area contributed by atoms with Crippen molar-refractivity contribution in [3.8, 4) is 0 Å². The van der Waals surface area contributed by atoms with Crippen LogP contribution in [0.1, 0.15) is 55.5 Å². The van der Waals surface area contributed by atoms with Gasteiger partial charge in [-0.3, -0.25) is 9.69 Å². The molecule has 202 valence electrons. The average Bonchev–Trinajstić information content (AvgIpc) is 3.46. The quantitative estimate of drug-likeness (QED) is 0.259. The second kappa shape index (κ2) is 13.0. The third kappa shape index (κ3) is 7.19. The van der Waals surface area contributed by atoms with Gasteiger partial charge in [0, 0.05) is 50.5 Å². The monoisotopic (exact) mass is 507 g/mol. The van der Waals surface area contributed by atoms with E-state index in [1.165, 1.54) is 50.6 Å². The molecule has 0 spiro atoms. The molecule has 0 bridgehead atoms.